The normalized spacial score (nSPS) is 24.4. The van der Waals surface area contributed by atoms with Crippen LogP contribution >= 0.6 is 45.8 Å². The molecule has 1 N–H and O–H groups in total. The predicted molar refractivity (Wildman–Crippen MR) is 172 cm³/mol. The van der Waals surface area contributed by atoms with Gasteiger partial charge in [0.05, 0.1) is 29.0 Å². The SMILES string of the molecule is COc1cc(C2C3=CCn4c(=O)n(-c5ccccc5)c(=O)n4C3CC3(Cl)C(=O)N(c4c(F)c(F)c(F)c(F)c4F)C(=O)C23Cl)cc(I)c1O. The van der Waals surface area contributed by atoms with Crippen molar-refractivity contribution >= 4 is 63.3 Å². The number of phenolic OH excluding ortho intramolecular Hbond substituents is 1. The quantitative estimate of drug-likeness (QED) is 0.0589. The van der Waals surface area contributed by atoms with Crippen LogP contribution in [0.2, 0.25) is 0 Å². The molecule has 1 saturated heterocycles. The number of aromatic nitrogens is 3. The molecule has 2 aliphatic heterocycles. The molecule has 1 aromatic heterocycles. The van der Waals surface area contributed by atoms with E-state index < -0.39 is 86.1 Å². The number of amides is 2. The zero-order valence-corrected chi connectivity index (χ0v) is 28.2. The summed E-state index contributed by atoms with van der Waals surface area (Å²) in [5.41, 5.74) is -3.12. The number of carbonyl (C=O) groups excluding carboxylic acids is 2. The lowest BCUT2D eigenvalue weighted by Gasteiger charge is -2.49. The van der Waals surface area contributed by atoms with E-state index >= 15 is 8.78 Å². The van der Waals surface area contributed by atoms with Crippen LogP contribution in [-0.2, 0) is 16.1 Å². The number of carbonyl (C=O) groups is 2. The Bertz CT molecular complexity index is 2280. The second-order valence-electron chi connectivity index (χ2n) is 11.5. The maximum atomic E-state index is 15.2. The van der Waals surface area contributed by atoms with Crippen LogP contribution in [-0.4, -0.2) is 47.7 Å². The molecule has 0 radical (unpaired) electrons. The molecule has 3 aliphatic rings. The highest BCUT2D eigenvalue weighted by atomic mass is 127. The van der Waals surface area contributed by atoms with Gasteiger partial charge in [-0.3, -0.25) is 9.59 Å². The van der Waals surface area contributed by atoms with Gasteiger partial charge in [0.2, 0.25) is 5.82 Å². The number of nitrogens with zero attached hydrogens (tertiary/aromatic N) is 4. The van der Waals surface area contributed by atoms with Crippen molar-refractivity contribution in [3.8, 4) is 17.2 Å². The van der Waals surface area contributed by atoms with Crippen molar-refractivity contribution in [1.82, 2.24) is 13.9 Å². The summed E-state index contributed by atoms with van der Waals surface area (Å²) in [6.45, 7) is -0.256. The Kier molecular flexibility index (Phi) is 7.61. The molecular weight excluding hydrogens is 817 g/mol. The van der Waals surface area contributed by atoms with Crippen LogP contribution in [0.1, 0.15) is 23.9 Å². The summed E-state index contributed by atoms with van der Waals surface area (Å²) in [4.78, 5) is 50.5. The van der Waals surface area contributed by atoms with Gasteiger partial charge in [0.1, 0.15) is 5.69 Å². The Morgan fingerprint density at radius 2 is 1.51 bits per heavy atom. The Morgan fingerprint density at radius 3 is 2.12 bits per heavy atom. The van der Waals surface area contributed by atoms with Gasteiger partial charge in [0.15, 0.2) is 44.5 Å². The number of fused-ring (bicyclic) bond motifs is 4. The monoisotopic (exact) mass is 834 g/mol. The van der Waals surface area contributed by atoms with Crippen LogP contribution in [0.4, 0.5) is 27.6 Å². The standard InChI is InChI=1S/C31H18Cl2F5IN4O6/c1-49-17-10-12(9-15(39)25(17)44)18-14-7-8-40-28(47)41(13-5-3-2-4-6-13)29(48)43(40)16(14)11-30(32)26(45)42(27(46)31(18,30)33)24-22(37)20(35)19(34)21(36)23(24)38/h2-7,9-10,16,18,44H,8,11H2,1H3. The number of para-hydroxylation sites is 1. The summed E-state index contributed by atoms with van der Waals surface area (Å²) in [5, 5.41) is 10.6. The molecule has 4 unspecified atom stereocenters. The molecule has 49 heavy (non-hydrogen) atoms. The van der Waals surface area contributed by atoms with Gasteiger partial charge in [-0.05, 0) is 58.0 Å². The molecule has 18 heteroatoms. The molecule has 7 rings (SSSR count). The second kappa shape index (κ2) is 11.2. The minimum atomic E-state index is -2.74. The lowest BCUT2D eigenvalue weighted by atomic mass is 9.64. The van der Waals surface area contributed by atoms with Crippen LogP contribution in [0.3, 0.4) is 0 Å². The third-order valence-electron chi connectivity index (χ3n) is 9.11. The molecule has 10 nitrogen and oxygen atoms in total. The van der Waals surface area contributed by atoms with Crippen LogP contribution in [0, 0.1) is 32.7 Å². The molecule has 4 atom stereocenters. The molecular formula is C31H18Cl2F5IN4O6. The lowest BCUT2D eigenvalue weighted by Crippen LogP contribution is -2.59. The van der Waals surface area contributed by atoms with Gasteiger partial charge < -0.3 is 9.84 Å². The second-order valence-corrected chi connectivity index (χ2v) is 13.9. The summed E-state index contributed by atoms with van der Waals surface area (Å²) >= 11 is 16.0. The average molecular weight is 835 g/mol. The topological polar surface area (TPSA) is 116 Å². The van der Waals surface area contributed by atoms with Crippen molar-refractivity contribution in [2.45, 2.75) is 34.7 Å². The molecule has 3 heterocycles. The Labute approximate surface area is 294 Å². The number of methoxy groups -OCH3 is 1. The van der Waals surface area contributed by atoms with Crippen LogP contribution in [0.15, 0.2) is 63.7 Å². The molecule has 254 valence electrons. The molecule has 2 fully saturated rings. The number of alkyl halides is 2. The fourth-order valence-electron chi connectivity index (χ4n) is 6.92. The number of anilines is 1. The minimum absolute atomic E-state index is 0.0572. The zero-order valence-electron chi connectivity index (χ0n) is 24.5. The van der Waals surface area contributed by atoms with Crippen molar-refractivity contribution < 1.29 is 41.4 Å². The highest BCUT2D eigenvalue weighted by Crippen LogP contribution is 2.64. The number of imide groups is 1. The van der Waals surface area contributed by atoms with Crippen molar-refractivity contribution in [2.75, 3.05) is 12.0 Å². The third kappa shape index (κ3) is 4.22. The summed E-state index contributed by atoms with van der Waals surface area (Å²) in [6.07, 6.45) is 0.721. The third-order valence-corrected chi connectivity index (χ3v) is 11.3. The number of allylic oxidation sites excluding steroid dienone is 2. The van der Waals surface area contributed by atoms with Gasteiger partial charge >= 0.3 is 11.4 Å². The summed E-state index contributed by atoms with van der Waals surface area (Å²) in [6, 6.07) is 9.15. The number of hydrogen-bond donors (Lipinski definition) is 1. The predicted octanol–water partition coefficient (Wildman–Crippen LogP) is 5.01. The van der Waals surface area contributed by atoms with Crippen molar-refractivity contribution in [3.05, 3.63) is 113 Å². The number of benzene rings is 3. The van der Waals surface area contributed by atoms with Gasteiger partial charge in [-0.15, -0.1) is 23.2 Å². The Balaban J connectivity index is 1.52. The first-order chi connectivity index (χ1) is 23.1. The van der Waals surface area contributed by atoms with Crippen LogP contribution in [0.25, 0.3) is 5.69 Å². The molecule has 0 spiro atoms. The van der Waals surface area contributed by atoms with Crippen molar-refractivity contribution in [2.24, 2.45) is 0 Å². The van der Waals surface area contributed by atoms with Gasteiger partial charge in [0, 0.05) is 12.3 Å². The number of hydrogen-bond acceptors (Lipinski definition) is 6. The van der Waals surface area contributed by atoms with Gasteiger partial charge in [-0.25, -0.2) is 50.4 Å². The van der Waals surface area contributed by atoms with E-state index in [4.69, 9.17) is 27.9 Å². The molecule has 1 aliphatic carbocycles. The minimum Gasteiger partial charge on any atom is -0.504 e. The van der Waals surface area contributed by atoms with E-state index in [0.717, 1.165) is 13.9 Å². The first kappa shape index (κ1) is 33.3. The highest BCUT2D eigenvalue weighted by molar-refractivity contribution is 14.1. The van der Waals surface area contributed by atoms with Crippen molar-refractivity contribution in [1.29, 1.82) is 0 Å². The molecule has 3 aromatic carbocycles. The van der Waals surface area contributed by atoms with E-state index in [1.54, 1.807) is 40.8 Å². The fraction of sp³-hybridized carbons (Fsp3) is 0.226. The smallest absolute Gasteiger partial charge is 0.352 e. The number of ether oxygens (including phenoxy) is 1. The van der Waals surface area contributed by atoms with Crippen molar-refractivity contribution in [3.63, 3.8) is 0 Å². The van der Waals surface area contributed by atoms with E-state index in [1.807, 2.05) is 0 Å². The first-order valence-corrected chi connectivity index (χ1v) is 16.0. The summed E-state index contributed by atoms with van der Waals surface area (Å²) in [7, 11) is 1.22. The van der Waals surface area contributed by atoms with Gasteiger partial charge in [-0.1, -0.05) is 24.3 Å². The van der Waals surface area contributed by atoms with E-state index in [9.17, 15) is 37.5 Å². The molecule has 1 saturated carbocycles. The summed E-state index contributed by atoms with van der Waals surface area (Å²) < 4.78 is 81.6. The molecule has 4 aromatic rings. The summed E-state index contributed by atoms with van der Waals surface area (Å²) in [5.74, 6) is -17.7. The Hall–Kier alpha value is -4.16. The van der Waals surface area contributed by atoms with E-state index in [1.165, 1.54) is 37.5 Å². The maximum absolute atomic E-state index is 15.2. The zero-order chi connectivity index (χ0) is 35.5. The Morgan fingerprint density at radius 1 is 0.898 bits per heavy atom. The number of halogens is 8. The largest absolute Gasteiger partial charge is 0.504 e. The average Bonchev–Trinajstić information content (AvgIpc) is 3.42. The lowest BCUT2D eigenvalue weighted by molar-refractivity contribution is -0.122. The number of phenols is 1. The van der Waals surface area contributed by atoms with Crippen LogP contribution in [0.5, 0.6) is 11.5 Å². The molecule has 2 amide bonds. The van der Waals surface area contributed by atoms with E-state index in [-0.39, 0.29) is 43.3 Å². The van der Waals surface area contributed by atoms with Gasteiger partial charge in [0.25, 0.3) is 11.8 Å². The highest BCUT2D eigenvalue weighted by Gasteiger charge is 2.76. The van der Waals surface area contributed by atoms with E-state index in [0.29, 0.717) is 0 Å². The maximum Gasteiger partial charge on any atom is 0.352 e. The fourth-order valence-corrected chi connectivity index (χ4v) is 8.46. The number of rotatable bonds is 4. The number of aromatic hydroxyl groups is 1. The molecule has 0 bridgehead atoms. The van der Waals surface area contributed by atoms with Gasteiger partial charge in [-0.2, -0.15) is 0 Å². The van der Waals surface area contributed by atoms with Crippen LogP contribution < -0.4 is 21.0 Å². The first-order valence-electron chi connectivity index (χ1n) is 14.2. The van der Waals surface area contributed by atoms with E-state index in [2.05, 4.69) is 0 Å².